The highest BCUT2D eigenvalue weighted by atomic mass is 32.2. The lowest BCUT2D eigenvalue weighted by Gasteiger charge is -2.36. The van der Waals surface area contributed by atoms with Crippen LogP contribution >= 0.6 is 11.8 Å². The zero-order valence-electron chi connectivity index (χ0n) is 23.7. The summed E-state index contributed by atoms with van der Waals surface area (Å²) in [5.41, 5.74) is 4.33. The number of allylic oxidation sites excluding steroid dienone is 1. The summed E-state index contributed by atoms with van der Waals surface area (Å²) < 4.78 is 25.0. The largest absolute Gasteiger partial charge is 0.489 e. The lowest BCUT2D eigenvalue weighted by Crippen LogP contribution is -2.38. The van der Waals surface area contributed by atoms with Gasteiger partial charge in [-0.25, -0.2) is 14.2 Å². The van der Waals surface area contributed by atoms with E-state index in [1.54, 1.807) is 32.9 Å². The summed E-state index contributed by atoms with van der Waals surface area (Å²) in [6.07, 6.45) is -0.246. The molecule has 1 amide bonds. The number of amidine groups is 1. The lowest BCUT2D eigenvalue weighted by atomic mass is 9.93. The van der Waals surface area contributed by atoms with E-state index in [4.69, 9.17) is 14.5 Å². The summed E-state index contributed by atoms with van der Waals surface area (Å²) in [7, 11) is 0. The number of thioether (sulfide) groups is 1. The Kier molecular flexibility index (Phi) is 9.07. The minimum absolute atomic E-state index is 0.0689. The number of nitrogens with one attached hydrogen (secondary N) is 1. The normalized spacial score (nSPS) is 16.1. The van der Waals surface area contributed by atoms with Crippen molar-refractivity contribution in [2.75, 3.05) is 0 Å². The van der Waals surface area contributed by atoms with Crippen molar-refractivity contribution in [3.63, 3.8) is 0 Å². The molecule has 0 saturated heterocycles. The van der Waals surface area contributed by atoms with E-state index in [0.717, 1.165) is 16.7 Å². The van der Waals surface area contributed by atoms with Crippen molar-refractivity contribution in [1.29, 1.82) is 0 Å². The van der Waals surface area contributed by atoms with Crippen molar-refractivity contribution < 1.29 is 23.5 Å². The molecule has 216 valence electrons. The van der Waals surface area contributed by atoms with Crippen molar-refractivity contribution in [1.82, 2.24) is 10.2 Å². The number of esters is 1. The molecule has 1 atom stereocenters. The molecule has 1 N–H and O–H groups in total. The van der Waals surface area contributed by atoms with Crippen LogP contribution < -0.4 is 10.1 Å². The zero-order chi connectivity index (χ0) is 29.6. The summed E-state index contributed by atoms with van der Waals surface area (Å²) in [6, 6.07) is 22.9. The van der Waals surface area contributed by atoms with Crippen LogP contribution in [-0.2, 0) is 27.5 Å². The molecule has 2 heterocycles. The van der Waals surface area contributed by atoms with Crippen molar-refractivity contribution in [3.8, 4) is 5.75 Å². The Balaban J connectivity index is 1.41. The average Bonchev–Trinajstić information content (AvgIpc) is 3.36. The molecule has 3 aromatic carbocycles. The minimum Gasteiger partial charge on any atom is -0.489 e. The number of halogens is 1. The fourth-order valence-electron chi connectivity index (χ4n) is 4.77. The van der Waals surface area contributed by atoms with Gasteiger partial charge in [0.05, 0.1) is 29.8 Å². The van der Waals surface area contributed by atoms with Gasteiger partial charge >= 0.3 is 5.97 Å². The Morgan fingerprint density at radius 2 is 1.79 bits per heavy atom. The van der Waals surface area contributed by atoms with Crippen LogP contribution in [0.2, 0.25) is 0 Å². The van der Waals surface area contributed by atoms with Gasteiger partial charge in [-0.1, -0.05) is 66.4 Å². The van der Waals surface area contributed by atoms with E-state index >= 15 is 0 Å². The molecule has 0 radical (unpaired) electrons. The number of nitrogens with zero attached hydrogens (tertiary/aromatic N) is 2. The third kappa shape index (κ3) is 6.91. The van der Waals surface area contributed by atoms with Crippen LogP contribution in [0.5, 0.6) is 5.75 Å². The molecule has 0 aliphatic carbocycles. The van der Waals surface area contributed by atoms with E-state index in [0.29, 0.717) is 34.5 Å². The highest BCUT2D eigenvalue weighted by Gasteiger charge is 2.41. The van der Waals surface area contributed by atoms with Gasteiger partial charge in [0.25, 0.3) is 0 Å². The first kappa shape index (κ1) is 29.1. The first-order chi connectivity index (χ1) is 20.3. The Hall–Kier alpha value is -4.37. The van der Waals surface area contributed by atoms with Crippen LogP contribution in [-0.4, -0.2) is 28.0 Å². The highest BCUT2D eigenvalue weighted by molar-refractivity contribution is 8.16. The summed E-state index contributed by atoms with van der Waals surface area (Å²) in [4.78, 5) is 33.1. The van der Waals surface area contributed by atoms with E-state index in [-0.39, 0.29) is 30.8 Å². The van der Waals surface area contributed by atoms with Crippen LogP contribution in [0, 0.1) is 5.82 Å². The van der Waals surface area contributed by atoms with E-state index in [9.17, 15) is 14.0 Å². The van der Waals surface area contributed by atoms with Gasteiger partial charge in [0.2, 0.25) is 5.91 Å². The number of amides is 1. The molecule has 7 nitrogen and oxygen atoms in total. The van der Waals surface area contributed by atoms with Crippen molar-refractivity contribution >= 4 is 28.8 Å². The number of benzene rings is 3. The van der Waals surface area contributed by atoms with Gasteiger partial charge in [-0.2, -0.15) is 0 Å². The average molecular weight is 586 g/mol. The highest BCUT2D eigenvalue weighted by Crippen LogP contribution is 2.45. The van der Waals surface area contributed by atoms with Crippen molar-refractivity contribution in [2.45, 2.75) is 52.5 Å². The summed E-state index contributed by atoms with van der Waals surface area (Å²) in [5, 5.41) is 5.47. The molecule has 2 aliphatic heterocycles. The van der Waals surface area contributed by atoms with Crippen LogP contribution in [0.15, 0.2) is 106 Å². The van der Waals surface area contributed by atoms with E-state index in [1.165, 1.54) is 23.9 Å². The molecule has 42 heavy (non-hydrogen) atoms. The number of rotatable bonds is 10. The standard InChI is InChI=1S/C33H32FN3O4S/c1-21(2)41-32(39)30-22(3)36-33-37(27(20-42-33)17-29(38)35-18-23-12-14-26(34)15-13-23)31(30)25-10-7-11-28(16-25)40-19-24-8-5-4-6-9-24/h4-16,20-21,31H,17-19H2,1-3H3,(H,35,38)/t31-/m1/s1. The summed E-state index contributed by atoms with van der Waals surface area (Å²) >= 11 is 1.41. The third-order valence-corrected chi connectivity index (χ3v) is 7.62. The number of aliphatic imine (C=N–C) groups is 1. The molecule has 0 saturated carbocycles. The molecular weight excluding hydrogens is 553 g/mol. The maximum Gasteiger partial charge on any atom is 0.338 e. The first-order valence-corrected chi connectivity index (χ1v) is 14.6. The maximum atomic E-state index is 13.5. The Labute approximate surface area is 249 Å². The van der Waals surface area contributed by atoms with Crippen LogP contribution in [0.4, 0.5) is 4.39 Å². The second-order valence-electron chi connectivity index (χ2n) is 10.3. The Bertz CT molecular complexity index is 1550. The third-order valence-electron chi connectivity index (χ3n) is 6.73. The topological polar surface area (TPSA) is 80.2 Å². The molecule has 0 unspecified atom stereocenters. The summed E-state index contributed by atoms with van der Waals surface area (Å²) in [6.45, 7) is 6.09. The van der Waals surface area contributed by atoms with Gasteiger partial charge in [0.1, 0.15) is 18.2 Å². The number of carbonyl (C=O) groups excluding carboxylic acids is 2. The van der Waals surface area contributed by atoms with Gasteiger partial charge in [0.15, 0.2) is 5.17 Å². The molecule has 9 heteroatoms. The molecule has 0 fully saturated rings. The second-order valence-corrected chi connectivity index (χ2v) is 11.1. The van der Waals surface area contributed by atoms with Gasteiger partial charge in [-0.05, 0) is 67.1 Å². The van der Waals surface area contributed by atoms with E-state index < -0.39 is 12.0 Å². The molecular formula is C33H32FN3O4S. The molecule has 5 rings (SSSR count). The number of hydrogen-bond acceptors (Lipinski definition) is 7. The number of hydrogen-bond donors (Lipinski definition) is 1. The Morgan fingerprint density at radius 1 is 1.02 bits per heavy atom. The smallest absolute Gasteiger partial charge is 0.338 e. The van der Waals surface area contributed by atoms with Gasteiger partial charge in [0, 0.05) is 12.2 Å². The lowest BCUT2D eigenvalue weighted by molar-refractivity contribution is -0.143. The fourth-order valence-corrected chi connectivity index (χ4v) is 5.73. The van der Waals surface area contributed by atoms with Gasteiger partial charge in [-0.3, -0.25) is 4.79 Å². The number of fused-ring (bicyclic) bond motifs is 1. The van der Waals surface area contributed by atoms with Crippen LogP contribution in [0.25, 0.3) is 0 Å². The Morgan fingerprint density at radius 3 is 2.52 bits per heavy atom. The number of ether oxygens (including phenoxy) is 2. The van der Waals surface area contributed by atoms with Crippen LogP contribution in [0.3, 0.4) is 0 Å². The second kappa shape index (κ2) is 13.1. The molecule has 0 bridgehead atoms. The molecule has 0 spiro atoms. The molecule has 3 aromatic rings. The van der Waals surface area contributed by atoms with Crippen LogP contribution in [0.1, 0.15) is 49.9 Å². The van der Waals surface area contributed by atoms with Crippen molar-refractivity contribution in [3.05, 3.63) is 124 Å². The predicted octanol–water partition coefficient (Wildman–Crippen LogP) is 6.64. The zero-order valence-corrected chi connectivity index (χ0v) is 24.5. The van der Waals surface area contributed by atoms with Gasteiger partial charge in [-0.15, -0.1) is 0 Å². The fraction of sp³-hybridized carbons (Fsp3) is 0.242. The quantitative estimate of drug-likeness (QED) is 0.269. The summed E-state index contributed by atoms with van der Waals surface area (Å²) in [5.74, 6) is -0.332. The molecule has 0 aromatic heterocycles. The number of carbonyl (C=O) groups is 2. The first-order valence-electron chi connectivity index (χ1n) is 13.7. The SMILES string of the molecule is CC1=C(C(=O)OC(C)C)[C@@H](c2cccc(OCc3ccccc3)c2)N2C(CC(=O)NCc3ccc(F)cc3)=CSC2=N1. The minimum atomic E-state index is -0.574. The monoisotopic (exact) mass is 585 g/mol. The van der Waals surface area contributed by atoms with E-state index in [1.807, 2.05) is 64.9 Å². The predicted molar refractivity (Wildman–Crippen MR) is 162 cm³/mol. The maximum absolute atomic E-state index is 13.5. The van der Waals surface area contributed by atoms with E-state index in [2.05, 4.69) is 5.32 Å². The van der Waals surface area contributed by atoms with Gasteiger partial charge < -0.3 is 19.7 Å². The molecule has 2 aliphatic rings. The van der Waals surface area contributed by atoms with Crippen molar-refractivity contribution in [2.24, 2.45) is 4.99 Å².